The topological polar surface area (TPSA) is 118 Å². The predicted octanol–water partition coefficient (Wildman–Crippen LogP) is 4.73. The van der Waals surface area contributed by atoms with Crippen molar-refractivity contribution >= 4 is 29.2 Å². The molecular weight excluding hydrogens is 534 g/mol. The van der Waals surface area contributed by atoms with E-state index in [-0.39, 0.29) is 23.1 Å². The minimum atomic E-state index is -0.781. The van der Waals surface area contributed by atoms with Crippen LogP contribution >= 0.6 is 0 Å². The smallest absolute Gasteiger partial charge is 0.273 e. The fraction of sp³-hybridized carbons (Fsp3) is 0.152. The normalized spacial score (nSPS) is 21.4. The molecule has 1 aliphatic heterocycles. The van der Waals surface area contributed by atoms with Crippen molar-refractivity contribution in [1.29, 1.82) is 0 Å². The Bertz CT molecular complexity index is 1690. The van der Waals surface area contributed by atoms with Crippen molar-refractivity contribution in [2.45, 2.75) is 11.8 Å². The summed E-state index contributed by atoms with van der Waals surface area (Å²) in [6, 6.07) is 28.8. The van der Waals surface area contributed by atoms with E-state index in [1.54, 1.807) is 30.3 Å². The summed E-state index contributed by atoms with van der Waals surface area (Å²) in [7, 11) is 0. The van der Waals surface area contributed by atoms with Crippen LogP contribution in [0.25, 0.3) is 0 Å². The number of hydrazine groups is 1. The SMILES string of the molecule is O=C(CN(C(=O)c1ccc([N+](=O)[O-])cc1)N1C(=O)[C@@H]2C3c4ccccc4C(c4ccccc43)[C@H]2C1=O)c1ccccc1. The van der Waals surface area contributed by atoms with E-state index in [4.69, 9.17) is 0 Å². The monoisotopic (exact) mass is 557 g/mol. The average molecular weight is 558 g/mol. The fourth-order valence-corrected chi connectivity index (χ4v) is 6.86. The molecule has 9 nitrogen and oxygen atoms in total. The Hall–Kier alpha value is -5.44. The highest BCUT2D eigenvalue weighted by atomic mass is 16.6. The zero-order valence-electron chi connectivity index (χ0n) is 22.1. The van der Waals surface area contributed by atoms with Crippen molar-refractivity contribution in [2.75, 3.05) is 6.54 Å². The van der Waals surface area contributed by atoms with Crippen LogP contribution in [-0.4, -0.2) is 45.0 Å². The first-order valence-corrected chi connectivity index (χ1v) is 13.6. The lowest BCUT2D eigenvalue weighted by atomic mass is 9.55. The standard InChI is InChI=1S/C33H23N3O6/c37-26(19-8-2-1-3-9-19)18-34(31(38)20-14-16-21(17-15-20)36(41)42)35-32(39)29-27-22-10-4-5-11-23(22)28(30(29)33(35)40)25-13-7-6-12-24(25)27/h1-17,27-30H,18H2/t27?,28?,29-,30-/m1/s1. The van der Waals surface area contributed by atoms with Crippen molar-refractivity contribution in [3.8, 4) is 0 Å². The van der Waals surface area contributed by atoms with E-state index in [0.717, 1.165) is 32.3 Å². The highest BCUT2D eigenvalue weighted by Gasteiger charge is 2.63. The number of imide groups is 1. The van der Waals surface area contributed by atoms with Crippen LogP contribution in [0.5, 0.6) is 0 Å². The van der Waals surface area contributed by atoms with Crippen LogP contribution in [0.2, 0.25) is 0 Å². The van der Waals surface area contributed by atoms with Gasteiger partial charge in [-0.2, -0.15) is 5.01 Å². The van der Waals surface area contributed by atoms with Gasteiger partial charge in [-0.25, -0.2) is 5.01 Å². The van der Waals surface area contributed by atoms with Crippen molar-refractivity contribution in [3.63, 3.8) is 0 Å². The first kappa shape index (κ1) is 25.5. The van der Waals surface area contributed by atoms with Crippen LogP contribution in [0.3, 0.4) is 0 Å². The van der Waals surface area contributed by atoms with Crippen molar-refractivity contribution in [3.05, 3.63) is 147 Å². The van der Waals surface area contributed by atoms with Gasteiger partial charge in [0.25, 0.3) is 23.4 Å². The number of non-ortho nitro benzene ring substituents is 1. The number of nitro groups is 1. The molecule has 42 heavy (non-hydrogen) atoms. The molecule has 8 rings (SSSR count). The Kier molecular flexibility index (Phi) is 5.83. The molecule has 3 amide bonds. The molecule has 0 aromatic heterocycles. The predicted molar refractivity (Wildman–Crippen MR) is 150 cm³/mol. The third-order valence-corrected chi connectivity index (χ3v) is 8.62. The molecule has 2 atom stereocenters. The van der Waals surface area contributed by atoms with E-state index < -0.39 is 46.8 Å². The maximum Gasteiger partial charge on any atom is 0.273 e. The molecule has 0 saturated carbocycles. The lowest BCUT2D eigenvalue weighted by molar-refractivity contribution is -0.384. The number of hydrogen-bond donors (Lipinski definition) is 0. The second-order valence-corrected chi connectivity index (χ2v) is 10.7. The van der Waals surface area contributed by atoms with Crippen LogP contribution in [0.4, 0.5) is 5.69 Å². The Labute approximate surface area is 240 Å². The molecule has 1 heterocycles. The molecule has 9 heteroatoms. The van der Waals surface area contributed by atoms with Crippen molar-refractivity contribution in [1.82, 2.24) is 10.0 Å². The lowest BCUT2D eigenvalue weighted by Crippen LogP contribution is -2.52. The van der Waals surface area contributed by atoms with Gasteiger partial charge in [0.2, 0.25) is 0 Å². The third kappa shape index (κ3) is 3.70. The van der Waals surface area contributed by atoms with Gasteiger partial charge in [0.15, 0.2) is 5.78 Å². The van der Waals surface area contributed by atoms with Crippen molar-refractivity contribution in [2.24, 2.45) is 11.8 Å². The number of ketones is 1. The number of carbonyl (C=O) groups is 4. The van der Waals surface area contributed by atoms with Crippen molar-refractivity contribution < 1.29 is 24.1 Å². The average Bonchev–Trinajstić information content (AvgIpc) is 3.29. The van der Waals surface area contributed by atoms with Gasteiger partial charge in [0, 0.05) is 35.1 Å². The number of rotatable bonds is 6. The van der Waals surface area contributed by atoms with Gasteiger partial charge in [-0.15, -0.1) is 0 Å². The number of benzene rings is 4. The molecule has 4 aliphatic rings. The van der Waals surface area contributed by atoms with Crippen LogP contribution in [0.15, 0.2) is 103 Å². The second kappa shape index (κ2) is 9.59. The van der Waals surface area contributed by atoms with Gasteiger partial charge in [-0.1, -0.05) is 78.9 Å². The summed E-state index contributed by atoms with van der Waals surface area (Å²) < 4.78 is 0. The van der Waals surface area contributed by atoms with Gasteiger partial charge in [0.05, 0.1) is 16.8 Å². The molecule has 3 aliphatic carbocycles. The summed E-state index contributed by atoms with van der Waals surface area (Å²) in [4.78, 5) is 66.5. The largest absolute Gasteiger partial charge is 0.292 e. The van der Waals surface area contributed by atoms with E-state index in [9.17, 15) is 29.3 Å². The van der Waals surface area contributed by atoms with Crippen LogP contribution < -0.4 is 0 Å². The maximum atomic E-state index is 14.3. The quantitative estimate of drug-likeness (QED) is 0.146. The molecule has 2 bridgehead atoms. The summed E-state index contributed by atoms with van der Waals surface area (Å²) >= 11 is 0. The maximum absolute atomic E-state index is 14.3. The first-order valence-electron chi connectivity index (χ1n) is 13.6. The molecule has 0 radical (unpaired) electrons. The van der Waals surface area contributed by atoms with Crippen LogP contribution in [-0.2, 0) is 9.59 Å². The zero-order valence-corrected chi connectivity index (χ0v) is 22.1. The highest BCUT2D eigenvalue weighted by Crippen LogP contribution is 2.61. The number of hydrogen-bond acceptors (Lipinski definition) is 6. The molecular formula is C33H23N3O6. The lowest BCUT2D eigenvalue weighted by Gasteiger charge is -2.45. The van der Waals surface area contributed by atoms with Gasteiger partial charge in [-0.3, -0.25) is 29.3 Å². The summed E-state index contributed by atoms with van der Waals surface area (Å²) in [5, 5.41) is 12.9. The third-order valence-electron chi connectivity index (χ3n) is 8.62. The zero-order chi connectivity index (χ0) is 29.1. The number of carbonyl (C=O) groups excluding carboxylic acids is 4. The van der Waals surface area contributed by atoms with Gasteiger partial charge >= 0.3 is 0 Å². The van der Waals surface area contributed by atoms with E-state index >= 15 is 0 Å². The van der Waals surface area contributed by atoms with E-state index in [1.165, 1.54) is 24.3 Å². The Morgan fingerprint density at radius 1 is 0.667 bits per heavy atom. The minimum absolute atomic E-state index is 0.00600. The number of nitrogens with zero attached hydrogens (tertiary/aromatic N) is 3. The minimum Gasteiger partial charge on any atom is -0.292 e. The van der Waals surface area contributed by atoms with E-state index in [1.807, 2.05) is 48.5 Å². The summed E-state index contributed by atoms with van der Waals surface area (Å²) in [5.74, 6) is -4.57. The first-order chi connectivity index (χ1) is 20.4. The second-order valence-electron chi connectivity index (χ2n) is 10.7. The van der Waals surface area contributed by atoms with Crippen LogP contribution in [0.1, 0.15) is 54.8 Å². The molecule has 0 N–H and O–H groups in total. The fourth-order valence-electron chi connectivity index (χ4n) is 6.86. The van der Waals surface area contributed by atoms with E-state index in [0.29, 0.717) is 5.56 Å². The summed E-state index contributed by atoms with van der Waals surface area (Å²) in [6.45, 7) is -0.564. The molecule has 1 saturated heterocycles. The number of nitro benzene ring substituents is 1. The Morgan fingerprint density at radius 3 is 1.57 bits per heavy atom. The Balaban J connectivity index is 1.32. The van der Waals surface area contributed by atoms with E-state index in [2.05, 4.69) is 0 Å². The molecule has 0 spiro atoms. The van der Waals surface area contributed by atoms with Crippen LogP contribution in [0, 0.1) is 22.0 Å². The number of Topliss-reactive ketones (excluding diaryl/α,β-unsaturated/α-hetero) is 1. The summed E-state index contributed by atoms with van der Waals surface area (Å²) in [6.07, 6.45) is 0. The highest BCUT2D eigenvalue weighted by molar-refractivity contribution is 6.11. The van der Waals surface area contributed by atoms with Gasteiger partial charge in [0.1, 0.15) is 6.54 Å². The summed E-state index contributed by atoms with van der Waals surface area (Å²) in [5.41, 5.74) is 4.04. The molecule has 206 valence electrons. The van der Waals surface area contributed by atoms with Gasteiger partial charge < -0.3 is 0 Å². The molecule has 1 fully saturated rings. The molecule has 4 aromatic carbocycles. The van der Waals surface area contributed by atoms with Gasteiger partial charge in [-0.05, 0) is 34.4 Å². The number of amides is 3. The Morgan fingerprint density at radius 2 is 1.12 bits per heavy atom. The molecule has 0 unspecified atom stereocenters. The molecule has 4 aromatic rings.